The standard InChI is InChI=1S/C41H27F5O11/c42-27-11-1-6-22(16-27)36(47)52-21-32-33(54-37(48)23-7-2-12-28(43)17-23)34(55-38(49)24-8-3-13-29(44)18-24)35(56-39(50)25-9-4-14-30(45)19-25)41(53-32)57-40(51)26-10-5-15-31(46)20-26/h1-20,32-35,41H,21H2/t32-,33-,34+,35-,41?/m1/s1. The number of halogens is 5. The molecule has 1 aliphatic rings. The molecule has 1 aliphatic heterocycles. The van der Waals surface area contributed by atoms with Crippen LogP contribution in [-0.2, 0) is 28.4 Å². The van der Waals surface area contributed by atoms with Crippen molar-refractivity contribution >= 4 is 29.8 Å². The number of esters is 5. The summed E-state index contributed by atoms with van der Waals surface area (Å²) in [6.07, 6.45) is -10.3. The second-order valence-corrected chi connectivity index (χ2v) is 12.2. The molecule has 292 valence electrons. The molecule has 16 heteroatoms. The van der Waals surface area contributed by atoms with Gasteiger partial charge in [0.1, 0.15) is 41.8 Å². The maximum absolute atomic E-state index is 14.3. The van der Waals surface area contributed by atoms with Crippen LogP contribution in [0, 0.1) is 29.1 Å². The van der Waals surface area contributed by atoms with E-state index in [9.17, 15) is 45.9 Å². The fraction of sp³-hybridized carbons (Fsp3) is 0.146. The van der Waals surface area contributed by atoms with Crippen LogP contribution in [0.3, 0.4) is 0 Å². The molecule has 57 heavy (non-hydrogen) atoms. The van der Waals surface area contributed by atoms with Crippen LogP contribution in [0.4, 0.5) is 22.0 Å². The Morgan fingerprint density at radius 2 is 0.737 bits per heavy atom. The smallest absolute Gasteiger partial charge is 0.340 e. The number of carbonyl (C=O) groups excluding carboxylic acids is 5. The molecule has 0 aliphatic carbocycles. The molecule has 5 atom stereocenters. The molecule has 0 amide bonds. The number of hydrogen-bond acceptors (Lipinski definition) is 11. The number of carbonyl (C=O) groups is 5. The van der Waals surface area contributed by atoms with Gasteiger partial charge < -0.3 is 28.4 Å². The predicted octanol–water partition coefficient (Wildman–Crippen LogP) is 6.80. The fourth-order valence-electron chi connectivity index (χ4n) is 5.58. The Labute approximate surface area is 319 Å². The largest absolute Gasteiger partial charge is 0.459 e. The van der Waals surface area contributed by atoms with Crippen molar-refractivity contribution in [3.05, 3.63) is 178 Å². The molecular formula is C41H27F5O11. The van der Waals surface area contributed by atoms with Crippen LogP contribution in [0.15, 0.2) is 121 Å². The van der Waals surface area contributed by atoms with Gasteiger partial charge in [0.2, 0.25) is 12.4 Å². The minimum atomic E-state index is -2.18. The summed E-state index contributed by atoms with van der Waals surface area (Å²) in [5, 5.41) is 0. The molecule has 1 saturated heterocycles. The Morgan fingerprint density at radius 3 is 1.11 bits per heavy atom. The number of rotatable bonds is 11. The second kappa shape index (κ2) is 17.7. The molecule has 0 bridgehead atoms. The SMILES string of the molecule is O=C(OC[C@H]1OC(OC(=O)c2cccc(F)c2)[C@H](OC(=O)c2cccc(F)c2)[C@@H](OC(=O)c2cccc(F)c2)[C@@H]1OC(=O)c1cccc(F)c1)c1cccc(F)c1. The van der Waals surface area contributed by atoms with Gasteiger partial charge in [-0.2, -0.15) is 0 Å². The van der Waals surface area contributed by atoms with Gasteiger partial charge in [0.25, 0.3) is 0 Å². The van der Waals surface area contributed by atoms with Gasteiger partial charge in [-0.3, -0.25) is 0 Å². The average molecular weight is 791 g/mol. The van der Waals surface area contributed by atoms with Crippen molar-refractivity contribution in [3.8, 4) is 0 Å². The molecule has 0 N–H and O–H groups in total. The lowest BCUT2D eigenvalue weighted by atomic mass is 9.97. The van der Waals surface area contributed by atoms with E-state index in [-0.39, 0.29) is 16.7 Å². The van der Waals surface area contributed by atoms with Crippen molar-refractivity contribution in [1.82, 2.24) is 0 Å². The number of hydrogen-bond donors (Lipinski definition) is 0. The van der Waals surface area contributed by atoms with E-state index >= 15 is 0 Å². The summed E-state index contributed by atoms with van der Waals surface area (Å²) in [5.74, 6) is -10.6. The van der Waals surface area contributed by atoms with Crippen molar-refractivity contribution in [1.29, 1.82) is 0 Å². The molecule has 0 radical (unpaired) electrons. The Balaban J connectivity index is 1.45. The maximum Gasteiger partial charge on any atom is 0.340 e. The highest BCUT2D eigenvalue weighted by molar-refractivity contribution is 5.92. The molecule has 0 aromatic heterocycles. The molecule has 11 nitrogen and oxygen atoms in total. The molecule has 1 fully saturated rings. The maximum atomic E-state index is 14.3. The first-order valence-corrected chi connectivity index (χ1v) is 16.8. The first-order chi connectivity index (χ1) is 27.3. The highest BCUT2D eigenvalue weighted by atomic mass is 19.1. The molecule has 1 heterocycles. The third kappa shape index (κ3) is 10.0. The highest BCUT2D eigenvalue weighted by Crippen LogP contribution is 2.32. The average Bonchev–Trinajstić information content (AvgIpc) is 3.19. The van der Waals surface area contributed by atoms with E-state index < -0.39 is 107 Å². The lowest BCUT2D eigenvalue weighted by Crippen LogP contribution is -2.63. The Hall–Kier alpha value is -6.94. The number of ether oxygens (including phenoxy) is 6. The van der Waals surface area contributed by atoms with Gasteiger partial charge in [0, 0.05) is 0 Å². The van der Waals surface area contributed by atoms with Gasteiger partial charge in [0.15, 0.2) is 12.2 Å². The predicted molar refractivity (Wildman–Crippen MR) is 184 cm³/mol. The summed E-state index contributed by atoms with van der Waals surface area (Å²) in [6, 6.07) is 20.9. The molecule has 6 rings (SSSR count). The third-order valence-corrected chi connectivity index (χ3v) is 8.22. The van der Waals surface area contributed by atoms with Crippen molar-refractivity contribution in [2.45, 2.75) is 30.7 Å². The van der Waals surface area contributed by atoms with E-state index in [1.807, 2.05) is 0 Å². The van der Waals surface area contributed by atoms with Crippen LogP contribution in [0.2, 0.25) is 0 Å². The van der Waals surface area contributed by atoms with Crippen LogP contribution in [-0.4, -0.2) is 67.2 Å². The lowest BCUT2D eigenvalue weighted by Gasteiger charge is -2.43. The molecule has 0 saturated carbocycles. The lowest BCUT2D eigenvalue weighted by molar-refractivity contribution is -0.282. The van der Waals surface area contributed by atoms with Gasteiger partial charge in [-0.05, 0) is 91.0 Å². The first kappa shape index (κ1) is 39.7. The van der Waals surface area contributed by atoms with E-state index in [2.05, 4.69) is 0 Å². The van der Waals surface area contributed by atoms with Gasteiger partial charge in [-0.15, -0.1) is 0 Å². The van der Waals surface area contributed by atoms with E-state index in [1.54, 1.807) is 0 Å². The van der Waals surface area contributed by atoms with Crippen molar-refractivity contribution in [2.75, 3.05) is 6.61 Å². The molecule has 5 aromatic carbocycles. The van der Waals surface area contributed by atoms with E-state index in [0.717, 1.165) is 91.0 Å². The zero-order valence-electron chi connectivity index (χ0n) is 29.0. The third-order valence-electron chi connectivity index (χ3n) is 8.22. The van der Waals surface area contributed by atoms with Crippen LogP contribution >= 0.6 is 0 Å². The minimum absolute atomic E-state index is 0.274. The van der Waals surface area contributed by atoms with Crippen molar-refractivity contribution in [3.63, 3.8) is 0 Å². The van der Waals surface area contributed by atoms with E-state index in [1.165, 1.54) is 30.3 Å². The fourth-order valence-corrected chi connectivity index (χ4v) is 5.58. The summed E-state index contributed by atoms with van der Waals surface area (Å²) in [6.45, 7) is -0.928. The topological polar surface area (TPSA) is 141 Å². The quantitative estimate of drug-likeness (QED) is 0.0793. The molecule has 1 unspecified atom stereocenters. The zero-order chi connectivity index (χ0) is 40.6. The molecular weight excluding hydrogens is 763 g/mol. The van der Waals surface area contributed by atoms with Crippen LogP contribution in [0.5, 0.6) is 0 Å². The zero-order valence-corrected chi connectivity index (χ0v) is 29.0. The van der Waals surface area contributed by atoms with Gasteiger partial charge in [-0.1, -0.05) is 30.3 Å². The summed E-state index contributed by atoms with van der Waals surface area (Å²) in [5.41, 5.74) is -1.84. The monoisotopic (exact) mass is 790 g/mol. The van der Waals surface area contributed by atoms with Crippen molar-refractivity contribution in [2.24, 2.45) is 0 Å². The van der Waals surface area contributed by atoms with E-state index in [4.69, 9.17) is 28.4 Å². The van der Waals surface area contributed by atoms with Gasteiger partial charge in [-0.25, -0.2) is 45.9 Å². The van der Waals surface area contributed by atoms with Crippen molar-refractivity contribution < 1.29 is 74.3 Å². The summed E-state index contributed by atoms with van der Waals surface area (Å²) < 4.78 is 105. The molecule has 5 aromatic rings. The summed E-state index contributed by atoms with van der Waals surface area (Å²) in [4.78, 5) is 67.2. The second-order valence-electron chi connectivity index (χ2n) is 12.2. The van der Waals surface area contributed by atoms with Crippen LogP contribution in [0.25, 0.3) is 0 Å². The van der Waals surface area contributed by atoms with Gasteiger partial charge >= 0.3 is 29.8 Å². The Kier molecular flexibility index (Phi) is 12.3. The first-order valence-electron chi connectivity index (χ1n) is 16.8. The normalized spacial score (nSPS) is 18.8. The molecule has 0 spiro atoms. The van der Waals surface area contributed by atoms with E-state index in [0.29, 0.717) is 0 Å². The van der Waals surface area contributed by atoms with Crippen LogP contribution in [0.1, 0.15) is 51.8 Å². The van der Waals surface area contributed by atoms with Crippen LogP contribution < -0.4 is 0 Å². The summed E-state index contributed by atoms with van der Waals surface area (Å²) in [7, 11) is 0. The minimum Gasteiger partial charge on any atom is -0.459 e. The Bertz CT molecular complexity index is 2320. The Morgan fingerprint density at radius 1 is 0.421 bits per heavy atom. The summed E-state index contributed by atoms with van der Waals surface area (Å²) >= 11 is 0. The highest BCUT2D eigenvalue weighted by Gasteiger charge is 2.55. The number of benzene rings is 5. The van der Waals surface area contributed by atoms with Gasteiger partial charge in [0.05, 0.1) is 27.8 Å².